The fourth-order valence-corrected chi connectivity index (χ4v) is 3.20. The molecule has 0 radical (unpaired) electrons. The minimum Gasteiger partial charge on any atom is -0.492 e. The quantitative estimate of drug-likeness (QED) is 0.812. The Labute approximate surface area is 149 Å². The molecule has 25 heavy (non-hydrogen) atoms. The van der Waals surface area contributed by atoms with Gasteiger partial charge < -0.3 is 19.9 Å². The van der Waals surface area contributed by atoms with Crippen LogP contribution in [0.4, 0.5) is 0 Å². The van der Waals surface area contributed by atoms with Crippen LogP contribution in [0.1, 0.15) is 35.7 Å². The fraction of sp³-hybridized carbons (Fsp3) is 0.450. The molecule has 2 N–H and O–H groups in total. The Hall–Kier alpha value is -2.11. The molecule has 1 atom stereocenters. The molecule has 1 aliphatic rings. The van der Waals surface area contributed by atoms with E-state index in [2.05, 4.69) is 27.3 Å². The summed E-state index contributed by atoms with van der Waals surface area (Å²) >= 11 is 0. The lowest BCUT2D eigenvalue weighted by atomic mass is 9.91. The number of aromatic amines is 1. The predicted molar refractivity (Wildman–Crippen MR) is 100 cm³/mol. The molecule has 5 heteroatoms. The van der Waals surface area contributed by atoms with E-state index < -0.39 is 0 Å². The first kappa shape index (κ1) is 17.7. The summed E-state index contributed by atoms with van der Waals surface area (Å²) in [6, 6.07) is 12.2. The van der Waals surface area contributed by atoms with E-state index in [1.807, 2.05) is 32.3 Å². The normalized spacial score (nSPS) is 16.7. The van der Waals surface area contributed by atoms with Gasteiger partial charge in [0, 0.05) is 30.9 Å². The zero-order chi connectivity index (χ0) is 17.6. The molecule has 1 heterocycles. The van der Waals surface area contributed by atoms with E-state index in [0.29, 0.717) is 12.6 Å². The summed E-state index contributed by atoms with van der Waals surface area (Å²) in [7, 11) is 4.08. The van der Waals surface area contributed by atoms with Gasteiger partial charge in [-0.2, -0.15) is 0 Å². The third-order valence-corrected chi connectivity index (χ3v) is 4.61. The van der Waals surface area contributed by atoms with Crippen LogP contribution in [0.15, 0.2) is 41.2 Å². The van der Waals surface area contributed by atoms with Crippen LogP contribution in [-0.2, 0) is 13.0 Å². The summed E-state index contributed by atoms with van der Waals surface area (Å²) in [4.78, 5) is 16.6. The van der Waals surface area contributed by atoms with Gasteiger partial charge in [0.25, 0.3) is 0 Å². The van der Waals surface area contributed by atoms with Gasteiger partial charge in [0.15, 0.2) is 0 Å². The maximum absolute atomic E-state index is 11.5. The second kappa shape index (κ2) is 8.32. The summed E-state index contributed by atoms with van der Waals surface area (Å²) < 4.78 is 5.73. The second-order valence-corrected chi connectivity index (χ2v) is 6.88. The minimum absolute atomic E-state index is 0.00995. The van der Waals surface area contributed by atoms with Crippen molar-refractivity contribution in [2.75, 3.05) is 27.2 Å². The highest BCUT2D eigenvalue weighted by molar-refractivity contribution is 5.29. The Morgan fingerprint density at radius 1 is 1.20 bits per heavy atom. The van der Waals surface area contributed by atoms with Crippen molar-refractivity contribution in [3.63, 3.8) is 0 Å². The topological polar surface area (TPSA) is 57.4 Å². The van der Waals surface area contributed by atoms with E-state index in [1.54, 1.807) is 6.07 Å². The number of nitrogens with zero attached hydrogens (tertiary/aromatic N) is 1. The first-order chi connectivity index (χ1) is 12.1. The number of H-pyrrole nitrogens is 1. The standard InChI is InChI=1S/C20H27N3O2/c1-23(2)12-13-25-16-8-6-15(7-9-16)14-21-18-4-3-5-19-17(18)10-11-20(24)22-19/h6-11,18,21H,3-5,12-14H2,1-2H3,(H,22,24)/t18-/m1/s1. The molecule has 5 nitrogen and oxygen atoms in total. The third kappa shape index (κ3) is 4.94. The smallest absolute Gasteiger partial charge is 0.248 e. The monoisotopic (exact) mass is 341 g/mol. The molecule has 3 rings (SSSR count). The van der Waals surface area contributed by atoms with Crippen LogP contribution < -0.4 is 15.6 Å². The van der Waals surface area contributed by atoms with Crippen molar-refractivity contribution in [2.45, 2.75) is 31.8 Å². The summed E-state index contributed by atoms with van der Waals surface area (Å²) in [5, 5.41) is 3.62. The maximum Gasteiger partial charge on any atom is 0.248 e. The molecule has 0 aliphatic heterocycles. The summed E-state index contributed by atoms with van der Waals surface area (Å²) in [6.45, 7) is 2.41. The zero-order valence-electron chi connectivity index (χ0n) is 15.0. The van der Waals surface area contributed by atoms with Crippen LogP contribution in [-0.4, -0.2) is 37.1 Å². The summed E-state index contributed by atoms with van der Waals surface area (Å²) in [5.74, 6) is 0.909. The highest BCUT2D eigenvalue weighted by Gasteiger charge is 2.20. The van der Waals surface area contributed by atoms with E-state index in [0.717, 1.165) is 43.8 Å². The molecule has 0 saturated heterocycles. The van der Waals surface area contributed by atoms with Crippen molar-refractivity contribution in [1.29, 1.82) is 0 Å². The van der Waals surface area contributed by atoms with Gasteiger partial charge in [-0.1, -0.05) is 18.2 Å². The number of hydrogen-bond acceptors (Lipinski definition) is 4. The average Bonchev–Trinajstić information content (AvgIpc) is 2.60. The van der Waals surface area contributed by atoms with Crippen LogP contribution in [0.3, 0.4) is 0 Å². The van der Waals surface area contributed by atoms with E-state index in [4.69, 9.17) is 4.74 Å². The second-order valence-electron chi connectivity index (χ2n) is 6.88. The minimum atomic E-state index is -0.00995. The number of fused-ring (bicyclic) bond motifs is 1. The molecule has 0 saturated carbocycles. The molecule has 2 aromatic rings. The maximum atomic E-state index is 11.5. The molecule has 1 aromatic heterocycles. The molecule has 0 unspecified atom stereocenters. The molecule has 134 valence electrons. The molecular formula is C20H27N3O2. The SMILES string of the molecule is CN(C)CCOc1ccc(CN[C@@H]2CCCc3[nH]c(=O)ccc32)cc1. The predicted octanol–water partition coefficient (Wildman–Crippen LogP) is 2.48. The molecule has 0 bridgehead atoms. The van der Waals surface area contributed by atoms with Gasteiger partial charge in [-0.05, 0) is 56.6 Å². The van der Waals surface area contributed by atoms with Gasteiger partial charge >= 0.3 is 0 Å². The summed E-state index contributed by atoms with van der Waals surface area (Å²) in [6.07, 6.45) is 3.16. The van der Waals surface area contributed by atoms with Crippen molar-refractivity contribution in [3.05, 3.63) is 63.6 Å². The number of aryl methyl sites for hydroxylation is 1. The van der Waals surface area contributed by atoms with Gasteiger partial charge in [-0.3, -0.25) is 4.79 Å². The van der Waals surface area contributed by atoms with Crippen LogP contribution in [0.25, 0.3) is 0 Å². The van der Waals surface area contributed by atoms with Gasteiger partial charge in [-0.25, -0.2) is 0 Å². The number of ether oxygens (including phenoxy) is 1. The molecule has 1 aromatic carbocycles. The molecule has 0 spiro atoms. The Balaban J connectivity index is 1.55. The lowest BCUT2D eigenvalue weighted by molar-refractivity contribution is 0.261. The highest BCUT2D eigenvalue weighted by Crippen LogP contribution is 2.27. The van der Waals surface area contributed by atoms with E-state index in [-0.39, 0.29) is 5.56 Å². The Kier molecular flexibility index (Phi) is 5.89. The first-order valence-corrected chi connectivity index (χ1v) is 8.94. The van der Waals surface area contributed by atoms with Crippen molar-refractivity contribution in [1.82, 2.24) is 15.2 Å². The van der Waals surface area contributed by atoms with E-state index in [1.165, 1.54) is 11.1 Å². The van der Waals surface area contributed by atoms with Gasteiger partial charge in [0.1, 0.15) is 12.4 Å². The Morgan fingerprint density at radius 2 is 2.00 bits per heavy atom. The molecular weight excluding hydrogens is 314 g/mol. The number of pyridine rings is 1. The van der Waals surface area contributed by atoms with Crippen molar-refractivity contribution in [2.24, 2.45) is 0 Å². The molecule has 1 aliphatic carbocycles. The third-order valence-electron chi connectivity index (χ3n) is 4.61. The van der Waals surface area contributed by atoms with Crippen molar-refractivity contribution < 1.29 is 4.74 Å². The number of aromatic nitrogens is 1. The lowest BCUT2D eigenvalue weighted by Crippen LogP contribution is -2.27. The number of benzene rings is 1. The van der Waals surface area contributed by atoms with Gasteiger partial charge in [-0.15, -0.1) is 0 Å². The highest BCUT2D eigenvalue weighted by atomic mass is 16.5. The van der Waals surface area contributed by atoms with Crippen molar-refractivity contribution in [3.8, 4) is 5.75 Å². The largest absolute Gasteiger partial charge is 0.492 e. The number of rotatable bonds is 7. The number of likely N-dealkylation sites (N-methyl/N-ethyl adjacent to an activating group) is 1. The average molecular weight is 341 g/mol. The zero-order valence-corrected chi connectivity index (χ0v) is 15.0. The number of hydrogen-bond donors (Lipinski definition) is 2. The summed E-state index contributed by atoms with van der Waals surface area (Å²) in [5.41, 5.74) is 3.54. The lowest BCUT2D eigenvalue weighted by Gasteiger charge is -2.26. The molecule has 0 amide bonds. The van der Waals surface area contributed by atoms with Crippen LogP contribution in [0, 0.1) is 0 Å². The number of nitrogens with one attached hydrogen (secondary N) is 2. The Morgan fingerprint density at radius 3 is 2.76 bits per heavy atom. The van der Waals surface area contributed by atoms with Crippen LogP contribution >= 0.6 is 0 Å². The van der Waals surface area contributed by atoms with Gasteiger partial charge in [0.05, 0.1) is 0 Å². The van der Waals surface area contributed by atoms with Gasteiger partial charge in [0.2, 0.25) is 5.56 Å². The Bertz CT molecular complexity index is 737. The first-order valence-electron chi connectivity index (χ1n) is 8.94. The fourth-order valence-electron chi connectivity index (χ4n) is 3.20. The van der Waals surface area contributed by atoms with E-state index in [9.17, 15) is 4.79 Å². The van der Waals surface area contributed by atoms with Crippen molar-refractivity contribution >= 4 is 0 Å². The van der Waals surface area contributed by atoms with E-state index >= 15 is 0 Å². The molecule has 0 fully saturated rings. The van der Waals surface area contributed by atoms with Crippen LogP contribution in [0.5, 0.6) is 5.75 Å². The van der Waals surface area contributed by atoms with Crippen LogP contribution in [0.2, 0.25) is 0 Å².